The molecule has 4 heterocycles. The summed E-state index contributed by atoms with van der Waals surface area (Å²) in [6, 6.07) is 9.08. The molecule has 2 amide bonds. The Kier molecular flexibility index (Phi) is 6.86. The average Bonchev–Trinajstić information content (AvgIpc) is 3.68. The minimum absolute atomic E-state index is 0.137. The number of benzene rings is 1. The number of amides is 2. The number of fused-ring (bicyclic) bond motifs is 2. The first kappa shape index (κ1) is 25.3. The van der Waals surface area contributed by atoms with Crippen LogP contribution in [0.15, 0.2) is 43.0 Å². The molecule has 3 fully saturated rings. The summed E-state index contributed by atoms with van der Waals surface area (Å²) < 4.78 is 36.2. The number of nitrogens with one attached hydrogen (secondary N) is 2. The lowest BCUT2D eigenvalue weighted by molar-refractivity contribution is -0.152. The molecule has 2 saturated heterocycles. The number of hydrogen-bond donors (Lipinski definition) is 4. The highest BCUT2D eigenvalue weighted by molar-refractivity contribution is 7.46. The molecule has 14 nitrogen and oxygen atoms in total. The van der Waals surface area contributed by atoms with Crippen molar-refractivity contribution in [3.05, 3.63) is 48.5 Å². The number of phosphoric ester groups is 1. The zero-order valence-corrected chi connectivity index (χ0v) is 21.0. The fourth-order valence-corrected chi connectivity index (χ4v) is 5.50. The third-order valence-electron chi connectivity index (χ3n) is 6.88. The summed E-state index contributed by atoms with van der Waals surface area (Å²) in [4.78, 5) is 43.9. The van der Waals surface area contributed by atoms with Gasteiger partial charge in [0, 0.05) is 11.6 Å². The monoisotopic (exact) mass is 546 g/mol. The molecule has 0 radical (unpaired) electrons. The predicted octanol–water partition coefficient (Wildman–Crippen LogP) is 2.38. The van der Waals surface area contributed by atoms with Crippen LogP contribution in [0.5, 0.6) is 0 Å². The van der Waals surface area contributed by atoms with Crippen LogP contribution in [0.4, 0.5) is 10.6 Å². The molecule has 1 aliphatic carbocycles. The van der Waals surface area contributed by atoms with Gasteiger partial charge in [-0.1, -0.05) is 43.2 Å². The number of urea groups is 1. The molecule has 4 unspecified atom stereocenters. The lowest BCUT2D eigenvalue weighted by atomic mass is 10.1. The van der Waals surface area contributed by atoms with E-state index in [9.17, 15) is 19.1 Å². The summed E-state index contributed by atoms with van der Waals surface area (Å²) in [5.74, 6) is 0.242. The molecule has 38 heavy (non-hydrogen) atoms. The van der Waals surface area contributed by atoms with Gasteiger partial charge in [-0.05, 0) is 12.8 Å². The molecule has 1 saturated carbocycles. The lowest BCUT2D eigenvalue weighted by Crippen LogP contribution is -2.36. The van der Waals surface area contributed by atoms with Crippen molar-refractivity contribution in [3.63, 3.8) is 0 Å². The second-order valence-electron chi connectivity index (χ2n) is 9.42. The Hall–Kier alpha value is -2.97. The van der Waals surface area contributed by atoms with Gasteiger partial charge in [0.25, 0.3) is 0 Å². The summed E-state index contributed by atoms with van der Waals surface area (Å²) in [5, 5.41) is 5.71. The fraction of sp³-hybridized carbons (Fsp3) is 0.478. The van der Waals surface area contributed by atoms with Crippen molar-refractivity contribution in [2.45, 2.75) is 62.6 Å². The van der Waals surface area contributed by atoms with E-state index in [0.29, 0.717) is 11.2 Å². The largest absolute Gasteiger partial charge is 0.469 e. The number of carbonyl (C=O) groups is 1. The molecule has 5 atom stereocenters. The maximum Gasteiger partial charge on any atom is 0.469 e. The van der Waals surface area contributed by atoms with E-state index < -0.39 is 45.3 Å². The number of phosphoric acid groups is 1. The lowest BCUT2D eigenvalue weighted by Gasteiger charge is -2.21. The van der Waals surface area contributed by atoms with Crippen molar-refractivity contribution >= 4 is 30.8 Å². The van der Waals surface area contributed by atoms with E-state index in [1.165, 1.54) is 12.7 Å². The minimum atomic E-state index is -4.74. The van der Waals surface area contributed by atoms with E-state index in [0.717, 1.165) is 31.2 Å². The van der Waals surface area contributed by atoms with Crippen LogP contribution in [0.1, 0.15) is 43.8 Å². The molecule has 2 aliphatic heterocycles. The second kappa shape index (κ2) is 10.3. The molecule has 1 aromatic carbocycles. The maximum atomic E-state index is 12.5. The Morgan fingerprint density at radius 1 is 1.08 bits per heavy atom. The van der Waals surface area contributed by atoms with Crippen LogP contribution in [0.3, 0.4) is 0 Å². The molecule has 0 bridgehead atoms. The van der Waals surface area contributed by atoms with E-state index in [4.69, 9.17) is 18.7 Å². The summed E-state index contributed by atoms with van der Waals surface area (Å²) in [6.45, 7) is -0.414. The van der Waals surface area contributed by atoms with Crippen LogP contribution in [0.25, 0.3) is 11.2 Å². The van der Waals surface area contributed by atoms with E-state index in [1.807, 2.05) is 30.3 Å². The molecule has 3 aromatic rings. The highest BCUT2D eigenvalue weighted by Crippen LogP contribution is 2.46. The Bertz CT molecular complexity index is 1350. The zero-order chi connectivity index (χ0) is 26.3. The van der Waals surface area contributed by atoms with Gasteiger partial charge in [0.15, 0.2) is 29.5 Å². The number of ether oxygens (including phenoxy) is 3. The molecule has 15 heteroatoms. The van der Waals surface area contributed by atoms with Crippen LogP contribution < -0.4 is 10.6 Å². The van der Waals surface area contributed by atoms with Gasteiger partial charge < -0.3 is 29.3 Å². The highest BCUT2D eigenvalue weighted by atomic mass is 31.2. The summed E-state index contributed by atoms with van der Waals surface area (Å²) in [5.41, 5.74) is 1.51. The van der Waals surface area contributed by atoms with Gasteiger partial charge in [0.05, 0.1) is 12.9 Å². The smallest absolute Gasteiger partial charge is 0.347 e. The van der Waals surface area contributed by atoms with Crippen LogP contribution in [-0.2, 0) is 23.3 Å². The van der Waals surface area contributed by atoms with E-state index in [-0.39, 0.29) is 17.9 Å². The van der Waals surface area contributed by atoms with Gasteiger partial charge in [-0.3, -0.25) is 14.4 Å². The van der Waals surface area contributed by atoms with Crippen LogP contribution in [-0.4, -0.2) is 66.3 Å². The van der Waals surface area contributed by atoms with E-state index in [2.05, 4.69) is 25.6 Å². The van der Waals surface area contributed by atoms with Gasteiger partial charge in [-0.2, -0.15) is 0 Å². The molecule has 2 aromatic heterocycles. The van der Waals surface area contributed by atoms with Crippen molar-refractivity contribution in [1.29, 1.82) is 0 Å². The number of rotatable bonds is 7. The minimum Gasteiger partial charge on any atom is -0.347 e. The number of anilines is 1. The van der Waals surface area contributed by atoms with Gasteiger partial charge in [0.1, 0.15) is 24.6 Å². The number of nitrogens with zero attached hydrogens (tertiary/aromatic N) is 4. The number of imidazole rings is 1. The molecule has 3 aliphatic rings. The van der Waals surface area contributed by atoms with Gasteiger partial charge >= 0.3 is 13.9 Å². The first-order valence-corrected chi connectivity index (χ1v) is 13.9. The Labute approximate surface area is 216 Å². The van der Waals surface area contributed by atoms with Crippen LogP contribution >= 0.6 is 7.82 Å². The van der Waals surface area contributed by atoms with Crippen molar-refractivity contribution < 1.29 is 37.9 Å². The number of aromatic nitrogens is 4. The summed E-state index contributed by atoms with van der Waals surface area (Å²) in [6.07, 6.45) is 3.16. The van der Waals surface area contributed by atoms with Crippen molar-refractivity contribution in [2.24, 2.45) is 0 Å². The normalized spacial score (nSPS) is 27.6. The molecule has 4 N–H and O–H groups in total. The first-order chi connectivity index (χ1) is 18.4. The van der Waals surface area contributed by atoms with Crippen LogP contribution in [0, 0.1) is 0 Å². The predicted molar refractivity (Wildman–Crippen MR) is 131 cm³/mol. The van der Waals surface area contributed by atoms with E-state index >= 15 is 0 Å². The van der Waals surface area contributed by atoms with Crippen molar-refractivity contribution in [2.75, 3.05) is 11.9 Å². The molecule has 6 rings (SSSR count). The standard InChI is InChI=1S/C23H27N6O8P/c30-23(27-14-8-4-5-9-14)28-19-16-20(25-11-24-19)29(12-26-16)21-18-17(15(35-21)10-34-38(31,32)33)36-22(37-18)13-6-2-1-3-7-13/h1-3,6-7,11-12,14-15,17-18,21-22H,4-5,8-10H2,(H2,31,32,33)(H2,24,25,27,28,30)/t15-,17?,18?,21?,22?/m1/s1. The van der Waals surface area contributed by atoms with Gasteiger partial charge in [-0.25, -0.2) is 24.3 Å². The summed E-state index contributed by atoms with van der Waals surface area (Å²) in [7, 11) is -4.74. The van der Waals surface area contributed by atoms with E-state index in [1.54, 1.807) is 4.57 Å². The number of carbonyl (C=O) groups excluding carboxylic acids is 1. The van der Waals surface area contributed by atoms with Crippen molar-refractivity contribution in [3.8, 4) is 0 Å². The molecular formula is C23H27N6O8P. The van der Waals surface area contributed by atoms with Gasteiger partial charge in [-0.15, -0.1) is 0 Å². The molecule has 202 valence electrons. The highest BCUT2D eigenvalue weighted by Gasteiger charge is 2.54. The van der Waals surface area contributed by atoms with Gasteiger partial charge in [0.2, 0.25) is 0 Å². The Balaban J connectivity index is 1.26. The zero-order valence-electron chi connectivity index (χ0n) is 20.1. The summed E-state index contributed by atoms with van der Waals surface area (Å²) >= 11 is 0. The topological polar surface area (TPSA) is 179 Å². The SMILES string of the molecule is O=C(Nc1ncnc2c1ncn2C1O[C@H](COP(=O)(O)O)C2OC(c3ccccc3)OC21)NC1CCCC1. The Morgan fingerprint density at radius 2 is 1.84 bits per heavy atom. The third kappa shape index (κ3) is 5.16. The van der Waals surface area contributed by atoms with Crippen LogP contribution in [0.2, 0.25) is 0 Å². The second-order valence-corrected chi connectivity index (χ2v) is 10.7. The Morgan fingerprint density at radius 3 is 2.61 bits per heavy atom. The quantitative estimate of drug-likeness (QED) is 0.320. The van der Waals surface area contributed by atoms with Crippen molar-refractivity contribution in [1.82, 2.24) is 24.8 Å². The third-order valence-corrected chi connectivity index (χ3v) is 7.37. The molecule has 0 spiro atoms. The number of hydrogen-bond acceptors (Lipinski definition) is 9. The molecular weight excluding hydrogens is 519 g/mol. The first-order valence-electron chi connectivity index (χ1n) is 12.3. The maximum absolute atomic E-state index is 12.5. The average molecular weight is 546 g/mol. The fourth-order valence-electron chi connectivity index (χ4n) is 5.16.